The quantitative estimate of drug-likeness (QED) is 0.887. The molecule has 5 saturated carbocycles. The van der Waals surface area contributed by atoms with E-state index < -0.39 is 0 Å². The zero-order chi connectivity index (χ0) is 14.7. The van der Waals surface area contributed by atoms with Gasteiger partial charge in [-0.1, -0.05) is 0 Å². The predicted octanol–water partition coefficient (Wildman–Crippen LogP) is 3.27. The molecule has 0 spiro atoms. The van der Waals surface area contributed by atoms with E-state index in [0.29, 0.717) is 11.3 Å². The smallest absolute Gasteiger partial charge is 0.223 e. The molecule has 0 radical (unpaired) electrons. The van der Waals surface area contributed by atoms with E-state index in [2.05, 4.69) is 15.3 Å². The highest BCUT2D eigenvalue weighted by atomic mass is 35.5. The third-order valence-corrected chi connectivity index (χ3v) is 6.83. The number of hydrogen-bond donors (Lipinski definition) is 2. The molecule has 5 fully saturated rings. The Hall–Kier alpha value is -1.03. The van der Waals surface area contributed by atoms with E-state index in [-0.39, 0.29) is 24.2 Å². The number of amides is 1. The molecule has 0 aliphatic heterocycles. The van der Waals surface area contributed by atoms with Crippen LogP contribution < -0.4 is 5.32 Å². The monoisotopic (exact) mass is 335 g/mol. The average Bonchev–Trinajstić information content (AvgIpc) is 3.09. The molecule has 5 aliphatic rings. The van der Waals surface area contributed by atoms with Crippen molar-refractivity contribution in [2.75, 3.05) is 6.54 Å². The highest BCUT2D eigenvalue weighted by molar-refractivity contribution is 5.85. The van der Waals surface area contributed by atoms with Gasteiger partial charge in [0.05, 0.1) is 12.0 Å². The first kappa shape index (κ1) is 15.5. The maximum Gasteiger partial charge on any atom is 0.223 e. The normalized spacial score (nSPS) is 43.0. The molecule has 0 unspecified atom stereocenters. The summed E-state index contributed by atoms with van der Waals surface area (Å²) in [7, 11) is 0. The van der Waals surface area contributed by atoms with Crippen molar-refractivity contribution in [3.63, 3.8) is 0 Å². The first-order valence-corrected chi connectivity index (χ1v) is 8.97. The van der Waals surface area contributed by atoms with Crippen molar-refractivity contribution in [1.82, 2.24) is 15.3 Å². The minimum atomic E-state index is 0. The van der Waals surface area contributed by atoms with E-state index in [1.165, 1.54) is 38.5 Å². The number of rotatable bonds is 4. The summed E-state index contributed by atoms with van der Waals surface area (Å²) >= 11 is 0. The highest BCUT2D eigenvalue weighted by Crippen LogP contribution is 2.59. The van der Waals surface area contributed by atoms with Gasteiger partial charge < -0.3 is 10.3 Å². The van der Waals surface area contributed by atoms with Gasteiger partial charge in [-0.05, 0) is 68.1 Å². The zero-order valence-corrected chi connectivity index (χ0v) is 14.3. The molecule has 1 amide bonds. The summed E-state index contributed by atoms with van der Waals surface area (Å²) in [6.07, 6.45) is 13.1. The first-order chi connectivity index (χ1) is 10.7. The molecular formula is C18H26ClN3O. The largest absolute Gasteiger partial charge is 0.355 e. The fourth-order valence-corrected chi connectivity index (χ4v) is 6.20. The van der Waals surface area contributed by atoms with E-state index in [4.69, 9.17) is 0 Å². The molecule has 23 heavy (non-hydrogen) atoms. The molecule has 1 heterocycles. The van der Waals surface area contributed by atoms with Crippen LogP contribution in [0.3, 0.4) is 0 Å². The lowest BCUT2D eigenvalue weighted by Crippen LogP contribution is -2.51. The number of carbonyl (C=O) groups excluding carboxylic acids is 1. The minimum Gasteiger partial charge on any atom is -0.355 e. The molecule has 5 heteroatoms. The Balaban J connectivity index is 0.00000135. The molecule has 4 bridgehead atoms. The van der Waals surface area contributed by atoms with Crippen LogP contribution in [0.5, 0.6) is 0 Å². The van der Waals surface area contributed by atoms with Crippen LogP contribution in [-0.2, 0) is 4.79 Å². The van der Waals surface area contributed by atoms with E-state index in [1.54, 1.807) is 6.33 Å². The number of nitrogens with one attached hydrogen (secondary N) is 2. The third kappa shape index (κ3) is 2.69. The summed E-state index contributed by atoms with van der Waals surface area (Å²) in [4.78, 5) is 19.7. The van der Waals surface area contributed by atoms with Crippen molar-refractivity contribution in [2.45, 2.75) is 50.9 Å². The van der Waals surface area contributed by atoms with Gasteiger partial charge in [-0.25, -0.2) is 4.98 Å². The molecular weight excluding hydrogens is 310 g/mol. The predicted molar refractivity (Wildman–Crippen MR) is 90.3 cm³/mol. The number of carbonyl (C=O) groups is 1. The van der Waals surface area contributed by atoms with Crippen LogP contribution in [0.2, 0.25) is 0 Å². The molecule has 1 aromatic rings. The summed E-state index contributed by atoms with van der Waals surface area (Å²) in [5, 5.41) is 3.32. The number of H-pyrrole nitrogens is 1. The van der Waals surface area contributed by atoms with Crippen molar-refractivity contribution in [3.8, 4) is 0 Å². The summed E-state index contributed by atoms with van der Waals surface area (Å²) in [5.41, 5.74) is 1.50. The Kier molecular flexibility index (Phi) is 3.71. The number of aromatic amines is 1. The second-order valence-corrected chi connectivity index (χ2v) is 8.58. The van der Waals surface area contributed by atoms with E-state index in [0.717, 1.165) is 36.4 Å². The number of imidazole rings is 1. The fourth-order valence-electron chi connectivity index (χ4n) is 6.20. The number of nitrogens with zero attached hydrogens (tertiary/aromatic N) is 1. The lowest BCUT2D eigenvalue weighted by Gasteiger charge is -2.56. The van der Waals surface area contributed by atoms with Crippen molar-refractivity contribution in [3.05, 3.63) is 18.2 Å². The lowest BCUT2D eigenvalue weighted by molar-refractivity contribution is -0.124. The summed E-state index contributed by atoms with van der Waals surface area (Å²) in [6.45, 7) is 0.930. The molecule has 0 aromatic carbocycles. The fraction of sp³-hybridized carbons (Fsp3) is 0.778. The number of aromatic nitrogens is 2. The van der Waals surface area contributed by atoms with Gasteiger partial charge in [0, 0.05) is 24.6 Å². The topological polar surface area (TPSA) is 57.8 Å². The number of hydrogen-bond acceptors (Lipinski definition) is 2. The van der Waals surface area contributed by atoms with Crippen LogP contribution in [0.4, 0.5) is 0 Å². The van der Waals surface area contributed by atoms with Crippen LogP contribution in [-0.4, -0.2) is 22.4 Å². The molecule has 1 aromatic heterocycles. The van der Waals surface area contributed by atoms with E-state index in [1.807, 2.05) is 6.20 Å². The van der Waals surface area contributed by atoms with Gasteiger partial charge in [-0.15, -0.1) is 12.4 Å². The van der Waals surface area contributed by atoms with Crippen LogP contribution in [0.15, 0.2) is 12.5 Å². The molecule has 2 atom stereocenters. The van der Waals surface area contributed by atoms with Gasteiger partial charge in [-0.2, -0.15) is 0 Å². The van der Waals surface area contributed by atoms with Crippen molar-refractivity contribution < 1.29 is 4.79 Å². The Labute approximate surface area is 143 Å². The third-order valence-electron chi connectivity index (χ3n) is 6.83. The zero-order valence-electron chi connectivity index (χ0n) is 13.5. The van der Waals surface area contributed by atoms with Crippen LogP contribution >= 0.6 is 12.4 Å². The molecule has 0 saturated heterocycles. The molecule has 126 valence electrons. The maximum absolute atomic E-state index is 12.5. The lowest BCUT2D eigenvalue weighted by atomic mass is 9.49. The second kappa shape index (κ2) is 5.51. The van der Waals surface area contributed by atoms with Crippen LogP contribution in [0, 0.1) is 29.1 Å². The SMILES string of the molecule is Cl.O=C(NCC12CC3CC(CC(C3)C1)C2)[C@@H]1C[C@H]1c1c[nH]cn1. The summed E-state index contributed by atoms with van der Waals surface area (Å²) in [5.74, 6) is 3.66. The van der Waals surface area contributed by atoms with Gasteiger partial charge in [0.1, 0.15) is 0 Å². The van der Waals surface area contributed by atoms with Crippen molar-refractivity contribution >= 4 is 18.3 Å². The van der Waals surface area contributed by atoms with E-state index in [9.17, 15) is 4.79 Å². The second-order valence-electron chi connectivity index (χ2n) is 8.58. The standard InChI is InChI=1S/C18H25N3O.ClH/c22-17(15-4-14(15)16-8-19-10-21-16)20-9-18-5-11-1-12(6-18)3-13(2-11)7-18;/h8,10-15H,1-7,9H2,(H,19,21)(H,20,22);1H/t11?,12?,13?,14-,15-,18?;/m1./s1. The Morgan fingerprint density at radius 1 is 1.17 bits per heavy atom. The van der Waals surface area contributed by atoms with E-state index >= 15 is 0 Å². The summed E-state index contributed by atoms with van der Waals surface area (Å²) in [6, 6.07) is 0. The van der Waals surface area contributed by atoms with Gasteiger partial charge in [-0.3, -0.25) is 4.79 Å². The molecule has 5 aliphatic carbocycles. The molecule has 6 rings (SSSR count). The van der Waals surface area contributed by atoms with Crippen LogP contribution in [0.1, 0.15) is 56.6 Å². The average molecular weight is 336 g/mol. The first-order valence-electron chi connectivity index (χ1n) is 8.97. The van der Waals surface area contributed by atoms with Crippen LogP contribution in [0.25, 0.3) is 0 Å². The van der Waals surface area contributed by atoms with Gasteiger partial charge in [0.15, 0.2) is 0 Å². The highest BCUT2D eigenvalue weighted by Gasteiger charge is 2.51. The summed E-state index contributed by atoms with van der Waals surface area (Å²) < 4.78 is 0. The van der Waals surface area contributed by atoms with Crippen molar-refractivity contribution in [2.24, 2.45) is 29.1 Å². The van der Waals surface area contributed by atoms with Gasteiger partial charge >= 0.3 is 0 Å². The molecule has 2 N–H and O–H groups in total. The van der Waals surface area contributed by atoms with Gasteiger partial charge in [0.2, 0.25) is 5.91 Å². The van der Waals surface area contributed by atoms with Crippen molar-refractivity contribution in [1.29, 1.82) is 0 Å². The maximum atomic E-state index is 12.5. The Morgan fingerprint density at radius 2 is 1.83 bits per heavy atom. The Bertz CT molecular complexity index is 550. The van der Waals surface area contributed by atoms with Gasteiger partial charge in [0.25, 0.3) is 0 Å². The minimum absolute atomic E-state index is 0. The number of halogens is 1. The molecule has 4 nitrogen and oxygen atoms in total. The Morgan fingerprint density at radius 3 is 2.39 bits per heavy atom.